The Bertz CT molecular complexity index is 919. The van der Waals surface area contributed by atoms with Gasteiger partial charge in [-0.3, -0.25) is 14.4 Å². The lowest BCUT2D eigenvalue weighted by Crippen LogP contribution is -2.46. The van der Waals surface area contributed by atoms with E-state index in [1.807, 2.05) is 46.2 Å². The monoisotopic (exact) mass is 454 g/mol. The molecule has 0 aromatic heterocycles. The third kappa shape index (κ3) is 5.07. The van der Waals surface area contributed by atoms with E-state index in [-0.39, 0.29) is 35.0 Å². The maximum absolute atomic E-state index is 13.3. The summed E-state index contributed by atoms with van der Waals surface area (Å²) in [6.45, 7) is 2.89. The highest BCUT2D eigenvalue weighted by molar-refractivity contribution is 5.86. The van der Waals surface area contributed by atoms with Crippen LogP contribution < -0.4 is 4.74 Å². The van der Waals surface area contributed by atoms with Crippen molar-refractivity contribution in [1.29, 1.82) is 0 Å². The van der Waals surface area contributed by atoms with Gasteiger partial charge in [-0.1, -0.05) is 24.3 Å². The minimum atomic E-state index is -0.389. The van der Waals surface area contributed by atoms with E-state index >= 15 is 0 Å². The van der Waals surface area contributed by atoms with Gasteiger partial charge in [0.05, 0.1) is 32.5 Å². The number of carbonyl (C=O) groups is 3. The number of amides is 2. The van der Waals surface area contributed by atoms with E-state index in [9.17, 15) is 14.4 Å². The number of allylic oxidation sites excluding steroid dienone is 2. The second kappa shape index (κ2) is 9.98. The van der Waals surface area contributed by atoms with E-state index in [1.54, 1.807) is 7.11 Å². The molecule has 0 radical (unpaired) electrons. The Kier molecular flexibility index (Phi) is 7.05. The number of methoxy groups -OCH3 is 2. The van der Waals surface area contributed by atoms with E-state index in [2.05, 4.69) is 0 Å². The Morgan fingerprint density at radius 2 is 1.64 bits per heavy atom. The summed E-state index contributed by atoms with van der Waals surface area (Å²) in [7, 11) is 3.01. The fraction of sp³-hybridized carbons (Fsp3) is 0.577. The molecule has 1 aliphatic carbocycles. The van der Waals surface area contributed by atoms with Crippen LogP contribution in [0.3, 0.4) is 0 Å². The summed E-state index contributed by atoms with van der Waals surface area (Å²) in [6, 6.07) is 7.65. The first-order chi connectivity index (χ1) is 15.9. The van der Waals surface area contributed by atoms with Crippen molar-refractivity contribution in [3.8, 4) is 5.75 Å². The van der Waals surface area contributed by atoms with E-state index in [4.69, 9.17) is 9.47 Å². The topological polar surface area (TPSA) is 76.2 Å². The summed E-state index contributed by atoms with van der Waals surface area (Å²) < 4.78 is 10.2. The predicted octanol–water partition coefficient (Wildman–Crippen LogP) is 2.83. The molecule has 0 N–H and O–H groups in total. The lowest BCUT2D eigenvalue weighted by atomic mass is 9.77. The molecule has 3 aliphatic rings. The van der Waals surface area contributed by atoms with Crippen molar-refractivity contribution in [1.82, 2.24) is 9.80 Å². The first-order valence-corrected chi connectivity index (χ1v) is 11.9. The second-order valence-corrected chi connectivity index (χ2v) is 9.60. The molecule has 0 saturated carbocycles. The van der Waals surface area contributed by atoms with Gasteiger partial charge in [-0.05, 0) is 55.2 Å². The van der Waals surface area contributed by atoms with Crippen LogP contribution in [-0.4, -0.2) is 68.0 Å². The van der Waals surface area contributed by atoms with E-state index < -0.39 is 0 Å². The van der Waals surface area contributed by atoms with Gasteiger partial charge in [0.15, 0.2) is 0 Å². The highest BCUT2D eigenvalue weighted by Crippen LogP contribution is 2.42. The number of nitrogens with zero attached hydrogens (tertiary/aromatic N) is 2. The van der Waals surface area contributed by atoms with Crippen LogP contribution in [0.5, 0.6) is 5.75 Å². The molecule has 7 nitrogen and oxygen atoms in total. The molecule has 1 spiro atoms. The summed E-state index contributed by atoms with van der Waals surface area (Å²) in [5.41, 5.74) is 1.03. The molecule has 2 fully saturated rings. The summed E-state index contributed by atoms with van der Waals surface area (Å²) in [5.74, 6) is -0.0460. The molecular weight excluding hydrogens is 420 g/mol. The highest BCUT2D eigenvalue weighted by Gasteiger charge is 2.45. The zero-order valence-electron chi connectivity index (χ0n) is 19.6. The second-order valence-electron chi connectivity index (χ2n) is 9.60. The molecular formula is C26H34N2O5. The summed E-state index contributed by atoms with van der Waals surface area (Å²) in [6.07, 6.45) is 8.27. The van der Waals surface area contributed by atoms with Crippen LogP contribution in [-0.2, 0) is 25.5 Å². The molecule has 4 rings (SSSR count). The minimum Gasteiger partial charge on any atom is -0.497 e. The zero-order chi connectivity index (χ0) is 23.4. The van der Waals surface area contributed by atoms with Crippen LogP contribution in [0.1, 0.15) is 37.7 Å². The van der Waals surface area contributed by atoms with Crippen LogP contribution in [0.25, 0.3) is 0 Å². The number of ether oxygens (including phenoxy) is 2. The van der Waals surface area contributed by atoms with Gasteiger partial charge in [-0.2, -0.15) is 0 Å². The molecule has 1 aromatic carbocycles. The predicted molar refractivity (Wildman–Crippen MR) is 124 cm³/mol. The lowest BCUT2D eigenvalue weighted by Gasteiger charge is -2.39. The number of piperidine rings is 1. The van der Waals surface area contributed by atoms with Crippen molar-refractivity contribution in [2.24, 2.45) is 17.3 Å². The third-order valence-corrected chi connectivity index (χ3v) is 7.67. The van der Waals surface area contributed by atoms with Gasteiger partial charge < -0.3 is 19.3 Å². The Hall–Kier alpha value is -2.83. The normalized spacial score (nSPS) is 24.1. The van der Waals surface area contributed by atoms with Crippen LogP contribution in [0.2, 0.25) is 0 Å². The molecule has 1 aromatic rings. The number of esters is 1. The number of benzene rings is 1. The first kappa shape index (κ1) is 23.3. The van der Waals surface area contributed by atoms with Crippen molar-refractivity contribution < 1.29 is 23.9 Å². The highest BCUT2D eigenvalue weighted by atomic mass is 16.5. The number of rotatable bonds is 5. The van der Waals surface area contributed by atoms with Crippen molar-refractivity contribution in [2.75, 3.05) is 40.4 Å². The zero-order valence-corrected chi connectivity index (χ0v) is 19.6. The maximum Gasteiger partial charge on any atom is 0.309 e. The number of hydrogen-bond donors (Lipinski definition) is 0. The molecule has 2 unspecified atom stereocenters. The van der Waals surface area contributed by atoms with Crippen molar-refractivity contribution in [3.63, 3.8) is 0 Å². The van der Waals surface area contributed by atoms with Gasteiger partial charge in [0.25, 0.3) is 0 Å². The molecule has 7 heteroatoms. The lowest BCUT2D eigenvalue weighted by molar-refractivity contribution is -0.153. The Morgan fingerprint density at radius 3 is 2.30 bits per heavy atom. The number of likely N-dealkylation sites (tertiary alicyclic amines) is 2. The third-order valence-electron chi connectivity index (χ3n) is 7.67. The SMILES string of the molecule is COC(=O)C1CC=CCC1C(=O)N1CCC2(CCN(C(=O)Cc3cccc(OC)c3)CC2)C1. The largest absolute Gasteiger partial charge is 0.497 e. The quantitative estimate of drug-likeness (QED) is 0.505. The van der Waals surface area contributed by atoms with Gasteiger partial charge in [0, 0.05) is 26.2 Å². The van der Waals surface area contributed by atoms with Gasteiger partial charge in [-0.15, -0.1) is 0 Å². The number of carbonyl (C=O) groups excluding carboxylic acids is 3. The Morgan fingerprint density at radius 1 is 0.970 bits per heavy atom. The van der Waals surface area contributed by atoms with Crippen LogP contribution in [0.4, 0.5) is 0 Å². The maximum atomic E-state index is 13.3. The van der Waals surface area contributed by atoms with E-state index in [0.29, 0.717) is 19.3 Å². The molecule has 178 valence electrons. The molecule has 33 heavy (non-hydrogen) atoms. The first-order valence-electron chi connectivity index (χ1n) is 11.9. The minimum absolute atomic E-state index is 0.0724. The Balaban J connectivity index is 1.32. The van der Waals surface area contributed by atoms with Crippen LogP contribution in [0.15, 0.2) is 36.4 Å². The molecule has 2 saturated heterocycles. The van der Waals surface area contributed by atoms with Crippen molar-refractivity contribution >= 4 is 17.8 Å². The Labute approximate surface area is 195 Å². The standard InChI is InChI=1S/C26H34N2O5/c1-32-20-7-5-6-19(16-20)17-23(29)27-13-10-26(11-14-27)12-15-28(18-26)24(30)21-8-3-4-9-22(21)25(31)33-2/h3-7,16,21-22H,8-15,17-18H2,1-2H3. The van der Waals surface area contributed by atoms with E-state index in [1.165, 1.54) is 7.11 Å². The summed E-state index contributed by atoms with van der Waals surface area (Å²) >= 11 is 0. The molecule has 2 heterocycles. The van der Waals surface area contributed by atoms with Gasteiger partial charge >= 0.3 is 5.97 Å². The van der Waals surface area contributed by atoms with Crippen molar-refractivity contribution in [2.45, 2.75) is 38.5 Å². The average molecular weight is 455 g/mol. The van der Waals surface area contributed by atoms with E-state index in [0.717, 1.165) is 56.8 Å². The summed E-state index contributed by atoms with van der Waals surface area (Å²) in [4.78, 5) is 42.2. The van der Waals surface area contributed by atoms with Gasteiger partial charge in [0.2, 0.25) is 11.8 Å². The molecule has 0 bridgehead atoms. The smallest absolute Gasteiger partial charge is 0.309 e. The average Bonchev–Trinajstić information content (AvgIpc) is 3.26. The number of hydrogen-bond acceptors (Lipinski definition) is 5. The fourth-order valence-electron chi connectivity index (χ4n) is 5.56. The molecule has 2 aliphatic heterocycles. The van der Waals surface area contributed by atoms with Gasteiger partial charge in [0.1, 0.15) is 5.75 Å². The molecule has 2 amide bonds. The van der Waals surface area contributed by atoms with Crippen LogP contribution in [0, 0.1) is 17.3 Å². The summed E-state index contributed by atoms with van der Waals surface area (Å²) in [5, 5.41) is 0. The van der Waals surface area contributed by atoms with Crippen LogP contribution >= 0.6 is 0 Å². The van der Waals surface area contributed by atoms with Crippen molar-refractivity contribution in [3.05, 3.63) is 42.0 Å². The fourth-order valence-corrected chi connectivity index (χ4v) is 5.56. The van der Waals surface area contributed by atoms with Gasteiger partial charge in [-0.25, -0.2) is 0 Å². The molecule has 2 atom stereocenters.